The topological polar surface area (TPSA) is 43.9 Å². The zero-order chi connectivity index (χ0) is 29.9. The fourth-order valence-electron chi connectivity index (χ4n) is 6.55. The van der Waals surface area contributed by atoms with E-state index in [0.29, 0.717) is 0 Å². The first-order valence-corrected chi connectivity index (χ1v) is 15.4. The van der Waals surface area contributed by atoms with Gasteiger partial charge in [0.25, 0.3) is 0 Å². The summed E-state index contributed by atoms with van der Waals surface area (Å²) in [6.45, 7) is 9.13. The summed E-state index contributed by atoms with van der Waals surface area (Å²) >= 11 is 0. The van der Waals surface area contributed by atoms with Crippen molar-refractivity contribution in [1.82, 2.24) is 14.5 Å². The minimum Gasteiger partial charge on any atom is -0.455 e. The van der Waals surface area contributed by atoms with Gasteiger partial charge in [-0.3, -0.25) is 4.57 Å². The number of imidazole rings is 1. The molecule has 0 N–H and O–H groups in total. The molecule has 8 aromatic rings. The molecule has 3 aromatic heterocycles. The molecule has 0 spiro atoms. The summed E-state index contributed by atoms with van der Waals surface area (Å²) in [6.07, 6.45) is 0. The summed E-state index contributed by atoms with van der Waals surface area (Å²) in [5.41, 5.74) is 11.5. The van der Waals surface area contributed by atoms with E-state index in [1.807, 2.05) is 18.2 Å². The Kier molecular flexibility index (Phi) is 6.12. The van der Waals surface area contributed by atoms with Crippen LogP contribution in [0.25, 0.3) is 72.2 Å². The summed E-state index contributed by atoms with van der Waals surface area (Å²) < 4.78 is 8.92. The Morgan fingerprint density at radius 2 is 1.30 bits per heavy atom. The average molecular weight is 572 g/mol. The predicted molar refractivity (Wildman–Crippen MR) is 183 cm³/mol. The molecule has 0 bridgehead atoms. The zero-order valence-corrected chi connectivity index (χ0v) is 25.4. The van der Waals surface area contributed by atoms with Crippen molar-refractivity contribution in [2.45, 2.75) is 39.5 Å². The summed E-state index contributed by atoms with van der Waals surface area (Å²) in [4.78, 5) is 10.4. The van der Waals surface area contributed by atoms with Crippen molar-refractivity contribution in [2.24, 2.45) is 0 Å². The van der Waals surface area contributed by atoms with Crippen molar-refractivity contribution < 1.29 is 4.42 Å². The molecule has 0 aliphatic heterocycles. The third-order valence-electron chi connectivity index (χ3n) is 8.74. The number of nitrogens with zero attached hydrogens (tertiary/aromatic N) is 3. The van der Waals surface area contributed by atoms with Gasteiger partial charge in [0.05, 0.1) is 22.3 Å². The number of furan rings is 1. The van der Waals surface area contributed by atoms with Gasteiger partial charge in [-0.2, -0.15) is 0 Å². The molecule has 5 aromatic carbocycles. The highest BCUT2D eigenvalue weighted by molar-refractivity contribution is 6.09. The normalized spacial score (nSPS) is 12.0. The highest BCUT2D eigenvalue weighted by Gasteiger charge is 2.26. The van der Waals surface area contributed by atoms with Gasteiger partial charge < -0.3 is 4.42 Å². The molecule has 0 saturated carbocycles. The van der Waals surface area contributed by atoms with Crippen LogP contribution in [0, 0.1) is 0 Å². The van der Waals surface area contributed by atoms with E-state index in [1.165, 1.54) is 27.9 Å². The summed E-state index contributed by atoms with van der Waals surface area (Å²) in [7, 11) is 0. The molecule has 0 unspecified atom stereocenters. The Bertz CT molecular complexity index is 2310. The van der Waals surface area contributed by atoms with Crippen molar-refractivity contribution in [3.05, 3.63) is 126 Å². The molecule has 4 nitrogen and oxygen atoms in total. The molecule has 0 fully saturated rings. The van der Waals surface area contributed by atoms with Crippen LogP contribution in [0.1, 0.15) is 50.7 Å². The van der Waals surface area contributed by atoms with Gasteiger partial charge in [0.1, 0.15) is 11.2 Å². The van der Waals surface area contributed by atoms with Crippen molar-refractivity contribution in [3.63, 3.8) is 0 Å². The Balaban J connectivity index is 1.52. The fraction of sp³-hybridized carbons (Fsp3) is 0.150. The van der Waals surface area contributed by atoms with Crippen molar-refractivity contribution >= 4 is 44.0 Å². The molecular weight excluding hydrogens is 538 g/mol. The fourth-order valence-corrected chi connectivity index (χ4v) is 6.55. The second kappa shape index (κ2) is 10.2. The minimum absolute atomic E-state index is 0.270. The quantitative estimate of drug-likeness (QED) is 0.206. The average Bonchev–Trinajstić information content (AvgIpc) is 3.61. The van der Waals surface area contributed by atoms with Crippen LogP contribution in [0.5, 0.6) is 0 Å². The second-order valence-electron chi connectivity index (χ2n) is 12.3. The number of benzene rings is 5. The maximum atomic E-state index is 6.56. The molecule has 0 atom stereocenters. The Morgan fingerprint density at radius 3 is 2.07 bits per heavy atom. The standard InChI is InChI=1S/C40H33N3O/c1-24(2)32-21-28(26-13-6-5-7-14-26)22-33(25(3)4)37(32)43-35-23-27-15-8-10-19-34(27)41-39(35)42-40(43)31-18-12-17-30-29-16-9-11-20-36(29)44-38(30)31/h5-25H,1-4H3. The van der Waals surface area contributed by atoms with Gasteiger partial charge in [0.15, 0.2) is 11.5 Å². The van der Waals surface area contributed by atoms with E-state index in [0.717, 1.165) is 55.4 Å². The van der Waals surface area contributed by atoms with E-state index in [4.69, 9.17) is 14.4 Å². The molecule has 44 heavy (non-hydrogen) atoms. The van der Waals surface area contributed by atoms with Gasteiger partial charge in [-0.1, -0.05) is 107 Å². The number of pyridine rings is 1. The first-order valence-electron chi connectivity index (χ1n) is 15.4. The van der Waals surface area contributed by atoms with E-state index in [9.17, 15) is 0 Å². The van der Waals surface area contributed by atoms with Gasteiger partial charge in [-0.05, 0) is 70.5 Å². The first kappa shape index (κ1) is 26.4. The summed E-state index contributed by atoms with van der Waals surface area (Å²) in [5, 5.41) is 3.28. The SMILES string of the molecule is CC(C)c1cc(-c2ccccc2)cc(C(C)C)c1-n1c(-c2cccc3c2oc2ccccc23)nc2nc3ccccc3cc21. The Labute approximate surface area is 256 Å². The maximum Gasteiger partial charge on any atom is 0.179 e. The van der Waals surface area contributed by atoms with Crippen molar-refractivity contribution in [1.29, 1.82) is 0 Å². The first-order chi connectivity index (χ1) is 21.5. The van der Waals surface area contributed by atoms with Crippen LogP contribution in [0.4, 0.5) is 0 Å². The van der Waals surface area contributed by atoms with Gasteiger partial charge in [0, 0.05) is 16.2 Å². The molecule has 214 valence electrons. The molecule has 3 heterocycles. The molecule has 0 amide bonds. The number of hydrogen-bond donors (Lipinski definition) is 0. The highest BCUT2D eigenvalue weighted by Crippen LogP contribution is 2.42. The number of para-hydroxylation sites is 3. The van der Waals surface area contributed by atoms with Gasteiger partial charge in [-0.15, -0.1) is 0 Å². The minimum atomic E-state index is 0.270. The van der Waals surface area contributed by atoms with E-state index in [1.54, 1.807) is 0 Å². The smallest absolute Gasteiger partial charge is 0.179 e. The lowest BCUT2D eigenvalue weighted by molar-refractivity contribution is 0.669. The molecule has 4 heteroatoms. The largest absolute Gasteiger partial charge is 0.455 e. The third-order valence-corrected chi connectivity index (χ3v) is 8.74. The van der Waals surface area contributed by atoms with Crippen molar-refractivity contribution in [2.75, 3.05) is 0 Å². The highest BCUT2D eigenvalue weighted by atomic mass is 16.3. The second-order valence-corrected chi connectivity index (χ2v) is 12.3. The van der Waals surface area contributed by atoms with Crippen LogP contribution >= 0.6 is 0 Å². The van der Waals surface area contributed by atoms with Gasteiger partial charge in [-0.25, -0.2) is 9.97 Å². The number of rotatable bonds is 5. The van der Waals surface area contributed by atoms with Crippen LogP contribution in [0.3, 0.4) is 0 Å². The van der Waals surface area contributed by atoms with Crippen molar-refractivity contribution in [3.8, 4) is 28.2 Å². The number of aromatic nitrogens is 3. The maximum absolute atomic E-state index is 6.56. The molecule has 0 radical (unpaired) electrons. The Hall–Kier alpha value is -5.22. The summed E-state index contributed by atoms with van der Waals surface area (Å²) in [5.74, 6) is 1.38. The zero-order valence-electron chi connectivity index (χ0n) is 25.4. The van der Waals surface area contributed by atoms with E-state index in [-0.39, 0.29) is 11.8 Å². The van der Waals surface area contributed by atoms with Gasteiger partial charge in [0.2, 0.25) is 0 Å². The van der Waals surface area contributed by atoms with Crippen LogP contribution in [0.2, 0.25) is 0 Å². The Morgan fingerprint density at radius 1 is 0.614 bits per heavy atom. The predicted octanol–water partition coefficient (Wildman–Crippen LogP) is 11.1. The van der Waals surface area contributed by atoms with E-state index in [2.05, 4.69) is 129 Å². The van der Waals surface area contributed by atoms with Crippen LogP contribution < -0.4 is 0 Å². The van der Waals surface area contributed by atoms with E-state index >= 15 is 0 Å². The molecular formula is C40H33N3O. The lowest BCUT2D eigenvalue weighted by Gasteiger charge is -2.24. The van der Waals surface area contributed by atoms with Crippen LogP contribution in [-0.4, -0.2) is 14.5 Å². The van der Waals surface area contributed by atoms with Crippen LogP contribution in [-0.2, 0) is 0 Å². The number of fused-ring (bicyclic) bond motifs is 5. The van der Waals surface area contributed by atoms with E-state index < -0.39 is 0 Å². The molecule has 0 aliphatic carbocycles. The summed E-state index contributed by atoms with van der Waals surface area (Å²) in [6, 6.07) is 40.6. The lowest BCUT2D eigenvalue weighted by Crippen LogP contribution is -2.09. The number of hydrogen-bond acceptors (Lipinski definition) is 3. The van der Waals surface area contributed by atoms with Crippen LogP contribution in [0.15, 0.2) is 120 Å². The third kappa shape index (κ3) is 4.13. The molecule has 0 aliphatic rings. The lowest BCUT2D eigenvalue weighted by atomic mass is 9.88. The monoisotopic (exact) mass is 571 g/mol. The molecule has 8 rings (SSSR count). The van der Waals surface area contributed by atoms with Gasteiger partial charge >= 0.3 is 0 Å². The molecule has 0 saturated heterocycles.